The molecule has 1 aromatic carbocycles. The molecule has 0 aromatic heterocycles. The Labute approximate surface area is 131 Å². The van der Waals surface area contributed by atoms with Crippen LogP contribution in [-0.4, -0.2) is 23.5 Å². The molecule has 0 aliphatic heterocycles. The maximum atomic E-state index is 11.6. The van der Waals surface area contributed by atoms with Crippen LogP contribution in [0.4, 0.5) is 5.69 Å². The SMILES string of the molecule is N#CSc1ccc(N/C=C(/C#N)C(=O)NCCC(=O)O)cc1. The highest BCUT2D eigenvalue weighted by molar-refractivity contribution is 8.03. The number of benzene rings is 1. The molecule has 8 heteroatoms. The number of carboxylic acids is 1. The number of amides is 1. The average molecular weight is 316 g/mol. The van der Waals surface area contributed by atoms with Crippen LogP contribution in [0.15, 0.2) is 40.9 Å². The summed E-state index contributed by atoms with van der Waals surface area (Å²) >= 11 is 1.03. The number of nitrogens with one attached hydrogen (secondary N) is 2. The number of anilines is 1. The lowest BCUT2D eigenvalue weighted by atomic mass is 10.2. The summed E-state index contributed by atoms with van der Waals surface area (Å²) < 4.78 is 0. The van der Waals surface area contributed by atoms with Gasteiger partial charge >= 0.3 is 5.97 Å². The monoisotopic (exact) mass is 316 g/mol. The van der Waals surface area contributed by atoms with Crippen LogP contribution in [0.3, 0.4) is 0 Å². The van der Waals surface area contributed by atoms with Crippen molar-refractivity contribution in [3.05, 3.63) is 36.0 Å². The fraction of sp³-hybridized carbons (Fsp3) is 0.143. The zero-order valence-electron chi connectivity index (χ0n) is 11.4. The number of nitrogens with zero attached hydrogens (tertiary/aromatic N) is 2. The van der Waals surface area contributed by atoms with Gasteiger partial charge < -0.3 is 15.7 Å². The van der Waals surface area contributed by atoms with E-state index >= 15 is 0 Å². The van der Waals surface area contributed by atoms with Crippen LogP contribution in [0, 0.1) is 22.0 Å². The Morgan fingerprint density at radius 2 is 1.95 bits per heavy atom. The normalized spacial score (nSPS) is 10.2. The number of carbonyl (C=O) groups excluding carboxylic acids is 1. The summed E-state index contributed by atoms with van der Waals surface area (Å²) in [7, 11) is 0. The van der Waals surface area contributed by atoms with E-state index in [2.05, 4.69) is 10.6 Å². The number of hydrogen-bond acceptors (Lipinski definition) is 6. The fourth-order valence-corrected chi connectivity index (χ4v) is 1.73. The van der Waals surface area contributed by atoms with Gasteiger partial charge in [-0.05, 0) is 36.0 Å². The maximum Gasteiger partial charge on any atom is 0.305 e. The first-order chi connectivity index (χ1) is 10.6. The molecule has 0 saturated heterocycles. The summed E-state index contributed by atoms with van der Waals surface area (Å²) in [5.74, 6) is -1.68. The Hall–Kier alpha value is -2.97. The van der Waals surface area contributed by atoms with Gasteiger partial charge in [-0.1, -0.05) is 0 Å². The van der Waals surface area contributed by atoms with Crippen LogP contribution in [0.2, 0.25) is 0 Å². The van der Waals surface area contributed by atoms with Gasteiger partial charge in [-0.3, -0.25) is 9.59 Å². The first-order valence-corrected chi connectivity index (χ1v) is 6.91. The summed E-state index contributed by atoms with van der Waals surface area (Å²) in [6.45, 7) is -0.0483. The van der Waals surface area contributed by atoms with Crippen molar-refractivity contribution < 1.29 is 14.7 Å². The number of rotatable bonds is 7. The molecule has 0 heterocycles. The molecule has 22 heavy (non-hydrogen) atoms. The van der Waals surface area contributed by atoms with E-state index in [4.69, 9.17) is 15.6 Å². The van der Waals surface area contributed by atoms with Crippen LogP contribution in [0.1, 0.15) is 6.42 Å². The van der Waals surface area contributed by atoms with Crippen LogP contribution < -0.4 is 10.6 Å². The lowest BCUT2D eigenvalue weighted by Crippen LogP contribution is -2.27. The van der Waals surface area contributed by atoms with Gasteiger partial charge in [0.1, 0.15) is 17.0 Å². The van der Waals surface area contributed by atoms with Crippen molar-refractivity contribution in [1.82, 2.24) is 5.32 Å². The number of thiocyanates is 1. The standard InChI is InChI=1S/C14H12N4O3S/c15-7-10(14(21)17-6-5-13(19)20)8-18-11-1-3-12(4-2-11)22-9-16/h1-4,8,18H,5-6H2,(H,17,21)(H,19,20)/b10-8-. The lowest BCUT2D eigenvalue weighted by Gasteiger charge is -2.04. The minimum absolute atomic E-state index is 0.0483. The average Bonchev–Trinajstić information content (AvgIpc) is 2.49. The minimum Gasteiger partial charge on any atom is -0.481 e. The Morgan fingerprint density at radius 1 is 1.27 bits per heavy atom. The quantitative estimate of drug-likeness (QED) is 0.302. The highest BCUT2D eigenvalue weighted by Crippen LogP contribution is 2.19. The van der Waals surface area contributed by atoms with Crippen molar-refractivity contribution in [3.8, 4) is 11.5 Å². The van der Waals surface area contributed by atoms with E-state index in [1.807, 2.05) is 5.40 Å². The zero-order chi connectivity index (χ0) is 16.4. The van der Waals surface area contributed by atoms with Gasteiger partial charge in [0.15, 0.2) is 0 Å². The number of nitriles is 2. The van der Waals surface area contributed by atoms with E-state index in [1.54, 1.807) is 30.3 Å². The Kier molecular flexibility index (Phi) is 7.03. The summed E-state index contributed by atoms with van der Waals surface area (Å²) in [4.78, 5) is 22.8. The zero-order valence-corrected chi connectivity index (χ0v) is 12.2. The predicted molar refractivity (Wildman–Crippen MR) is 80.5 cm³/mol. The highest BCUT2D eigenvalue weighted by Gasteiger charge is 2.08. The molecule has 3 N–H and O–H groups in total. The van der Waals surface area contributed by atoms with Gasteiger partial charge in [0.25, 0.3) is 5.91 Å². The van der Waals surface area contributed by atoms with Gasteiger partial charge in [0.2, 0.25) is 0 Å². The molecule has 0 fully saturated rings. The summed E-state index contributed by atoms with van der Waals surface area (Å²) in [6, 6.07) is 8.59. The third kappa shape index (κ3) is 5.99. The van der Waals surface area contributed by atoms with Gasteiger partial charge in [-0.2, -0.15) is 10.5 Å². The molecule has 1 amide bonds. The Bertz CT molecular complexity index is 656. The number of hydrogen-bond donors (Lipinski definition) is 3. The maximum absolute atomic E-state index is 11.6. The van der Waals surface area contributed by atoms with E-state index in [-0.39, 0.29) is 18.5 Å². The fourth-order valence-electron chi connectivity index (χ4n) is 1.35. The topological polar surface area (TPSA) is 126 Å². The first kappa shape index (κ1) is 17.1. The minimum atomic E-state index is -1.03. The molecule has 7 nitrogen and oxygen atoms in total. The van der Waals surface area contributed by atoms with Gasteiger partial charge in [0, 0.05) is 23.3 Å². The number of aliphatic carboxylic acids is 1. The second-order valence-electron chi connectivity index (χ2n) is 3.93. The molecule has 0 atom stereocenters. The number of carbonyl (C=O) groups is 2. The van der Waals surface area contributed by atoms with Crippen molar-refractivity contribution in [3.63, 3.8) is 0 Å². The van der Waals surface area contributed by atoms with Crippen LogP contribution in [-0.2, 0) is 9.59 Å². The molecule has 0 bridgehead atoms. The van der Waals surface area contributed by atoms with Crippen LogP contribution in [0.25, 0.3) is 0 Å². The molecule has 112 valence electrons. The first-order valence-electron chi connectivity index (χ1n) is 6.09. The van der Waals surface area contributed by atoms with Gasteiger partial charge in [0.05, 0.1) is 6.42 Å². The largest absolute Gasteiger partial charge is 0.481 e. The number of carboxylic acid groups (broad SMARTS) is 1. The van der Waals surface area contributed by atoms with Crippen molar-refractivity contribution in [2.45, 2.75) is 11.3 Å². The van der Waals surface area contributed by atoms with Crippen molar-refractivity contribution in [1.29, 1.82) is 10.5 Å². The lowest BCUT2D eigenvalue weighted by molar-refractivity contribution is -0.136. The number of thioether (sulfide) groups is 1. The third-order valence-corrected chi connectivity index (χ3v) is 2.99. The van der Waals surface area contributed by atoms with Gasteiger partial charge in [-0.25, -0.2) is 0 Å². The molecule has 0 spiro atoms. The van der Waals surface area contributed by atoms with Crippen LogP contribution >= 0.6 is 11.8 Å². The smallest absolute Gasteiger partial charge is 0.305 e. The molecule has 0 aliphatic carbocycles. The Morgan fingerprint density at radius 3 is 2.50 bits per heavy atom. The Balaban J connectivity index is 2.61. The molecule has 1 rings (SSSR count). The highest BCUT2D eigenvalue weighted by atomic mass is 32.2. The third-order valence-electron chi connectivity index (χ3n) is 2.39. The summed E-state index contributed by atoms with van der Waals surface area (Å²) in [5.41, 5.74) is 0.481. The van der Waals surface area contributed by atoms with Gasteiger partial charge in [-0.15, -0.1) is 0 Å². The van der Waals surface area contributed by atoms with E-state index in [0.717, 1.165) is 16.7 Å². The molecular weight excluding hydrogens is 304 g/mol. The second kappa shape index (κ2) is 9.06. The predicted octanol–water partition coefficient (Wildman–Crippen LogP) is 1.67. The van der Waals surface area contributed by atoms with Crippen molar-refractivity contribution in [2.24, 2.45) is 0 Å². The summed E-state index contributed by atoms with van der Waals surface area (Å²) in [6.07, 6.45) is 1.03. The molecule has 0 saturated carbocycles. The van der Waals surface area contributed by atoms with E-state index < -0.39 is 11.9 Å². The van der Waals surface area contributed by atoms with E-state index in [0.29, 0.717) is 5.69 Å². The molecule has 1 aromatic rings. The van der Waals surface area contributed by atoms with Crippen LogP contribution in [0.5, 0.6) is 0 Å². The van der Waals surface area contributed by atoms with E-state index in [9.17, 15) is 9.59 Å². The van der Waals surface area contributed by atoms with Crippen molar-refractivity contribution >= 4 is 29.3 Å². The summed E-state index contributed by atoms with van der Waals surface area (Å²) in [5, 5.41) is 33.0. The molecular formula is C14H12N4O3S. The second-order valence-corrected chi connectivity index (χ2v) is 4.79. The van der Waals surface area contributed by atoms with Crippen molar-refractivity contribution in [2.75, 3.05) is 11.9 Å². The molecule has 0 unspecified atom stereocenters. The molecule has 0 aliphatic rings. The van der Waals surface area contributed by atoms with E-state index in [1.165, 1.54) is 6.20 Å². The molecule has 0 radical (unpaired) electrons.